The highest BCUT2D eigenvalue weighted by atomic mass is 79.9. The third-order valence-corrected chi connectivity index (χ3v) is 4.46. The van der Waals surface area contributed by atoms with Crippen LogP contribution < -0.4 is 5.32 Å². The van der Waals surface area contributed by atoms with Crippen LogP contribution in [0.15, 0.2) is 41.1 Å². The van der Waals surface area contributed by atoms with Crippen LogP contribution in [0.3, 0.4) is 0 Å². The maximum absolute atomic E-state index is 11.9. The molecule has 122 valence electrons. The number of carbonyl (C=O) groups excluding carboxylic acids is 1. The number of aromatic nitrogens is 2. The topological polar surface area (TPSA) is 56.1 Å². The smallest absolute Gasteiger partial charge is 0.220 e. The van der Waals surface area contributed by atoms with Crippen LogP contribution in [0.25, 0.3) is 5.69 Å². The number of hydrogen-bond acceptors (Lipinski definition) is 3. The molecule has 1 fully saturated rings. The fourth-order valence-electron chi connectivity index (χ4n) is 2.64. The summed E-state index contributed by atoms with van der Waals surface area (Å²) in [7, 11) is 0. The highest BCUT2D eigenvalue weighted by Crippen LogP contribution is 2.17. The quantitative estimate of drug-likeness (QED) is 0.840. The number of amides is 1. The molecule has 2 heterocycles. The van der Waals surface area contributed by atoms with Gasteiger partial charge in [-0.15, -0.1) is 0 Å². The molecule has 0 saturated carbocycles. The van der Waals surface area contributed by atoms with Crippen molar-refractivity contribution in [2.75, 3.05) is 6.61 Å². The zero-order chi connectivity index (χ0) is 16.1. The number of carbonyl (C=O) groups is 1. The SMILES string of the molecule is O=C(CCC1CCCO1)NCc1cnn(-c2ccc(Br)cc2)c1. The van der Waals surface area contributed by atoms with Crippen LogP contribution in [0, 0.1) is 0 Å². The first kappa shape index (κ1) is 16.2. The molecule has 5 nitrogen and oxygen atoms in total. The monoisotopic (exact) mass is 377 g/mol. The molecular weight excluding hydrogens is 358 g/mol. The molecule has 1 aliphatic heterocycles. The minimum Gasteiger partial charge on any atom is -0.378 e. The number of rotatable bonds is 6. The second-order valence-corrected chi connectivity index (χ2v) is 6.64. The molecule has 0 bridgehead atoms. The van der Waals surface area contributed by atoms with Gasteiger partial charge in [0.15, 0.2) is 0 Å². The summed E-state index contributed by atoms with van der Waals surface area (Å²) in [4.78, 5) is 11.9. The van der Waals surface area contributed by atoms with E-state index in [2.05, 4.69) is 26.3 Å². The summed E-state index contributed by atoms with van der Waals surface area (Å²) >= 11 is 3.42. The van der Waals surface area contributed by atoms with Crippen LogP contribution >= 0.6 is 15.9 Å². The van der Waals surface area contributed by atoms with Crippen LogP contribution in [0.1, 0.15) is 31.2 Å². The predicted octanol–water partition coefficient (Wildman–Crippen LogP) is 3.21. The van der Waals surface area contributed by atoms with E-state index in [0.29, 0.717) is 13.0 Å². The Hall–Kier alpha value is -1.66. The van der Waals surface area contributed by atoms with Crippen LogP contribution in [0.5, 0.6) is 0 Å². The van der Waals surface area contributed by atoms with Gasteiger partial charge in [0.2, 0.25) is 5.91 Å². The minimum absolute atomic E-state index is 0.0666. The molecule has 23 heavy (non-hydrogen) atoms. The van der Waals surface area contributed by atoms with Crippen molar-refractivity contribution < 1.29 is 9.53 Å². The lowest BCUT2D eigenvalue weighted by atomic mass is 10.1. The van der Waals surface area contributed by atoms with Gasteiger partial charge in [0.05, 0.1) is 18.0 Å². The summed E-state index contributed by atoms with van der Waals surface area (Å²) in [5.41, 5.74) is 1.97. The summed E-state index contributed by atoms with van der Waals surface area (Å²) in [6, 6.07) is 7.93. The Bertz CT molecular complexity index is 648. The number of nitrogens with zero attached hydrogens (tertiary/aromatic N) is 2. The van der Waals surface area contributed by atoms with E-state index in [4.69, 9.17) is 4.74 Å². The number of hydrogen-bond donors (Lipinski definition) is 1. The van der Waals surface area contributed by atoms with Crippen molar-refractivity contribution >= 4 is 21.8 Å². The average molecular weight is 378 g/mol. The van der Waals surface area contributed by atoms with Crippen molar-refractivity contribution in [2.45, 2.75) is 38.3 Å². The van der Waals surface area contributed by atoms with Gasteiger partial charge in [-0.05, 0) is 43.5 Å². The summed E-state index contributed by atoms with van der Waals surface area (Å²) in [5, 5.41) is 7.27. The molecule has 0 radical (unpaired) electrons. The Labute approximate surface area is 144 Å². The molecule has 1 aliphatic rings. The average Bonchev–Trinajstić information content (AvgIpc) is 3.23. The van der Waals surface area contributed by atoms with E-state index in [-0.39, 0.29) is 12.0 Å². The van der Waals surface area contributed by atoms with E-state index >= 15 is 0 Å². The summed E-state index contributed by atoms with van der Waals surface area (Å²) in [6.45, 7) is 1.34. The lowest BCUT2D eigenvalue weighted by Gasteiger charge is -2.08. The summed E-state index contributed by atoms with van der Waals surface area (Å²) in [5.74, 6) is 0.0666. The molecule has 0 aliphatic carbocycles. The van der Waals surface area contributed by atoms with Gasteiger partial charge in [-0.2, -0.15) is 5.10 Å². The molecule has 2 aromatic rings. The number of nitrogens with one attached hydrogen (secondary N) is 1. The van der Waals surface area contributed by atoms with E-state index in [1.54, 1.807) is 10.9 Å². The maximum Gasteiger partial charge on any atom is 0.220 e. The molecule has 1 saturated heterocycles. The Morgan fingerprint density at radius 2 is 2.22 bits per heavy atom. The molecule has 3 rings (SSSR count). The van der Waals surface area contributed by atoms with Gasteiger partial charge in [-0.3, -0.25) is 4.79 Å². The fraction of sp³-hybridized carbons (Fsp3) is 0.412. The Morgan fingerprint density at radius 1 is 1.39 bits per heavy atom. The van der Waals surface area contributed by atoms with Crippen molar-refractivity contribution in [3.8, 4) is 5.69 Å². The zero-order valence-corrected chi connectivity index (χ0v) is 14.5. The highest BCUT2D eigenvalue weighted by molar-refractivity contribution is 9.10. The van der Waals surface area contributed by atoms with Crippen LogP contribution in [-0.4, -0.2) is 28.4 Å². The third kappa shape index (κ3) is 4.65. The summed E-state index contributed by atoms with van der Waals surface area (Å²) in [6.07, 6.45) is 7.50. The second-order valence-electron chi connectivity index (χ2n) is 5.72. The van der Waals surface area contributed by atoms with Gasteiger partial charge in [-0.25, -0.2) is 4.68 Å². The van der Waals surface area contributed by atoms with Gasteiger partial charge < -0.3 is 10.1 Å². The van der Waals surface area contributed by atoms with E-state index in [1.165, 1.54) is 0 Å². The van der Waals surface area contributed by atoms with Gasteiger partial charge >= 0.3 is 0 Å². The Morgan fingerprint density at radius 3 is 2.96 bits per heavy atom. The molecule has 1 atom stereocenters. The minimum atomic E-state index is 0.0666. The van der Waals surface area contributed by atoms with Crippen molar-refractivity contribution in [1.29, 1.82) is 0 Å². The molecule has 6 heteroatoms. The first-order valence-electron chi connectivity index (χ1n) is 7.88. The molecular formula is C17H20BrN3O2. The largest absolute Gasteiger partial charge is 0.378 e. The molecule has 1 amide bonds. The van der Waals surface area contributed by atoms with Crippen LogP contribution in [-0.2, 0) is 16.1 Å². The van der Waals surface area contributed by atoms with Crippen molar-refractivity contribution in [3.05, 3.63) is 46.7 Å². The third-order valence-electron chi connectivity index (χ3n) is 3.93. The number of benzene rings is 1. The van der Waals surface area contributed by atoms with Crippen LogP contribution in [0.2, 0.25) is 0 Å². The lowest BCUT2D eigenvalue weighted by Crippen LogP contribution is -2.23. The molecule has 1 N–H and O–H groups in total. The van der Waals surface area contributed by atoms with Crippen molar-refractivity contribution in [2.24, 2.45) is 0 Å². The second kappa shape index (κ2) is 7.75. The molecule has 1 unspecified atom stereocenters. The van der Waals surface area contributed by atoms with Gasteiger partial charge in [-0.1, -0.05) is 15.9 Å². The van der Waals surface area contributed by atoms with E-state index in [1.807, 2.05) is 30.5 Å². The molecule has 1 aromatic carbocycles. The molecule has 0 spiro atoms. The van der Waals surface area contributed by atoms with Gasteiger partial charge in [0.25, 0.3) is 0 Å². The maximum atomic E-state index is 11.9. The van der Waals surface area contributed by atoms with E-state index in [0.717, 1.165) is 41.6 Å². The van der Waals surface area contributed by atoms with E-state index < -0.39 is 0 Å². The zero-order valence-electron chi connectivity index (χ0n) is 12.9. The highest BCUT2D eigenvalue weighted by Gasteiger charge is 2.16. The normalized spacial score (nSPS) is 17.3. The Balaban J connectivity index is 1.47. The standard InChI is InChI=1S/C17H20BrN3O2/c18-14-3-5-15(6-4-14)21-12-13(11-20-21)10-19-17(22)8-7-16-2-1-9-23-16/h3-6,11-12,16H,1-2,7-10H2,(H,19,22). The summed E-state index contributed by atoms with van der Waals surface area (Å²) < 4.78 is 8.37. The van der Waals surface area contributed by atoms with Gasteiger partial charge in [0.1, 0.15) is 0 Å². The number of halogens is 1. The van der Waals surface area contributed by atoms with Crippen molar-refractivity contribution in [1.82, 2.24) is 15.1 Å². The molecule has 1 aromatic heterocycles. The first-order chi connectivity index (χ1) is 11.2. The van der Waals surface area contributed by atoms with Gasteiger partial charge in [0, 0.05) is 35.8 Å². The Kier molecular flexibility index (Phi) is 5.46. The predicted molar refractivity (Wildman–Crippen MR) is 91.3 cm³/mol. The van der Waals surface area contributed by atoms with Crippen LogP contribution in [0.4, 0.5) is 0 Å². The van der Waals surface area contributed by atoms with E-state index in [9.17, 15) is 4.79 Å². The lowest BCUT2D eigenvalue weighted by molar-refractivity contribution is -0.121. The first-order valence-corrected chi connectivity index (χ1v) is 8.68. The fourth-order valence-corrected chi connectivity index (χ4v) is 2.90. The number of ether oxygens (including phenoxy) is 1. The van der Waals surface area contributed by atoms with Crippen molar-refractivity contribution in [3.63, 3.8) is 0 Å².